The van der Waals surface area contributed by atoms with Crippen molar-refractivity contribution in [2.24, 2.45) is 5.73 Å². The van der Waals surface area contributed by atoms with Gasteiger partial charge in [0.1, 0.15) is 10.8 Å². The predicted octanol–water partition coefficient (Wildman–Crippen LogP) is 2.98. The van der Waals surface area contributed by atoms with Crippen LogP contribution in [-0.2, 0) is 6.54 Å². The van der Waals surface area contributed by atoms with Crippen molar-refractivity contribution >= 4 is 11.3 Å². The van der Waals surface area contributed by atoms with Crippen molar-refractivity contribution in [2.75, 3.05) is 0 Å². The van der Waals surface area contributed by atoms with Crippen LogP contribution in [0.1, 0.15) is 54.7 Å². The van der Waals surface area contributed by atoms with Gasteiger partial charge in [0.05, 0.1) is 10.6 Å². The smallest absolute Gasteiger partial charge is 0.176 e. The topological polar surface area (TPSA) is 69.6 Å². The van der Waals surface area contributed by atoms with Crippen LogP contribution in [0.25, 0.3) is 10.7 Å². The minimum Gasteiger partial charge on any atom is -0.325 e. The van der Waals surface area contributed by atoms with Crippen molar-refractivity contribution in [3.05, 3.63) is 16.5 Å². The first kappa shape index (κ1) is 13.7. The molecule has 0 spiro atoms. The number of hydrogen-bond acceptors (Lipinski definition) is 5. The Bertz CT molecular complexity index is 595. The van der Waals surface area contributed by atoms with E-state index in [4.69, 9.17) is 5.73 Å². The molecule has 2 N–H and O–H groups in total. The van der Waals surface area contributed by atoms with Gasteiger partial charge in [0.25, 0.3) is 0 Å². The van der Waals surface area contributed by atoms with E-state index >= 15 is 0 Å². The van der Waals surface area contributed by atoms with Crippen LogP contribution in [-0.4, -0.2) is 19.7 Å². The van der Waals surface area contributed by atoms with Crippen molar-refractivity contribution in [2.45, 2.75) is 58.5 Å². The highest BCUT2D eigenvalue weighted by Crippen LogP contribution is 2.35. The summed E-state index contributed by atoms with van der Waals surface area (Å²) >= 11 is 1.64. The van der Waals surface area contributed by atoms with E-state index in [-0.39, 0.29) is 0 Å². The summed E-state index contributed by atoms with van der Waals surface area (Å²) in [5, 5.41) is 9.68. The van der Waals surface area contributed by atoms with Crippen LogP contribution in [0.15, 0.2) is 0 Å². The molecule has 0 bridgehead atoms. The summed E-state index contributed by atoms with van der Waals surface area (Å²) in [6.45, 7) is 4.56. The van der Waals surface area contributed by atoms with Gasteiger partial charge in [0.15, 0.2) is 5.82 Å². The number of nitrogens with zero attached hydrogens (tertiary/aromatic N) is 4. The summed E-state index contributed by atoms with van der Waals surface area (Å²) in [5.41, 5.74) is 6.72. The molecule has 1 aliphatic rings. The zero-order valence-corrected chi connectivity index (χ0v) is 12.9. The van der Waals surface area contributed by atoms with Gasteiger partial charge >= 0.3 is 0 Å². The number of thiazole rings is 1. The lowest BCUT2D eigenvalue weighted by atomic mass is 9.95. The molecule has 0 amide bonds. The Morgan fingerprint density at radius 1 is 1.20 bits per heavy atom. The van der Waals surface area contributed by atoms with Crippen LogP contribution in [0, 0.1) is 13.8 Å². The molecule has 0 aliphatic heterocycles. The summed E-state index contributed by atoms with van der Waals surface area (Å²) in [4.78, 5) is 5.64. The summed E-state index contributed by atoms with van der Waals surface area (Å²) in [6.07, 6.45) is 6.42. The Kier molecular flexibility index (Phi) is 3.85. The van der Waals surface area contributed by atoms with E-state index in [9.17, 15) is 0 Å². The number of hydrogen-bond donors (Lipinski definition) is 1. The minimum absolute atomic E-state index is 0.488. The van der Waals surface area contributed by atoms with E-state index in [0.717, 1.165) is 27.2 Å². The molecule has 2 aromatic rings. The van der Waals surface area contributed by atoms with Gasteiger partial charge in [-0.2, -0.15) is 0 Å². The van der Waals surface area contributed by atoms with E-state index in [2.05, 4.69) is 19.7 Å². The van der Waals surface area contributed by atoms with E-state index in [0.29, 0.717) is 12.6 Å². The van der Waals surface area contributed by atoms with Crippen molar-refractivity contribution in [3.63, 3.8) is 0 Å². The van der Waals surface area contributed by atoms with E-state index in [1.165, 1.54) is 32.1 Å². The second-order valence-corrected chi connectivity index (χ2v) is 6.54. The van der Waals surface area contributed by atoms with Crippen LogP contribution in [0.2, 0.25) is 0 Å². The van der Waals surface area contributed by atoms with Gasteiger partial charge in [-0.1, -0.05) is 19.3 Å². The molecule has 0 aromatic carbocycles. The lowest BCUT2D eigenvalue weighted by molar-refractivity contribution is 0.350. The molecule has 20 heavy (non-hydrogen) atoms. The lowest BCUT2D eigenvalue weighted by Crippen LogP contribution is -2.15. The molecular weight excluding hydrogens is 270 g/mol. The van der Waals surface area contributed by atoms with Gasteiger partial charge in [-0.05, 0) is 26.7 Å². The number of nitrogens with two attached hydrogens (primary N) is 1. The zero-order chi connectivity index (χ0) is 14.1. The third-order valence-electron chi connectivity index (χ3n) is 4.02. The molecule has 108 valence electrons. The molecule has 3 rings (SSSR count). The lowest BCUT2D eigenvalue weighted by Gasteiger charge is -2.25. The quantitative estimate of drug-likeness (QED) is 0.943. The van der Waals surface area contributed by atoms with E-state index in [1.54, 1.807) is 11.3 Å². The Hall–Kier alpha value is -1.27. The summed E-state index contributed by atoms with van der Waals surface area (Å²) in [6, 6.07) is 0.538. The highest BCUT2D eigenvalue weighted by atomic mass is 32.1. The zero-order valence-electron chi connectivity index (χ0n) is 12.1. The van der Waals surface area contributed by atoms with Crippen molar-refractivity contribution < 1.29 is 0 Å². The van der Waals surface area contributed by atoms with Crippen LogP contribution in [0.3, 0.4) is 0 Å². The molecule has 2 heterocycles. The molecule has 6 heteroatoms. The molecule has 5 nitrogen and oxygen atoms in total. The first-order chi connectivity index (χ1) is 9.70. The van der Waals surface area contributed by atoms with Crippen LogP contribution in [0.4, 0.5) is 0 Å². The van der Waals surface area contributed by atoms with Gasteiger partial charge < -0.3 is 10.3 Å². The van der Waals surface area contributed by atoms with Crippen molar-refractivity contribution in [3.8, 4) is 10.7 Å². The maximum Gasteiger partial charge on any atom is 0.176 e. The molecule has 1 saturated carbocycles. The normalized spacial score (nSPS) is 16.8. The highest BCUT2D eigenvalue weighted by Gasteiger charge is 2.24. The van der Waals surface area contributed by atoms with Crippen LogP contribution >= 0.6 is 11.3 Å². The van der Waals surface area contributed by atoms with Gasteiger partial charge in [-0.3, -0.25) is 0 Å². The van der Waals surface area contributed by atoms with Crippen molar-refractivity contribution in [1.82, 2.24) is 19.7 Å². The molecular formula is C14H21N5S. The van der Waals surface area contributed by atoms with Crippen LogP contribution in [0.5, 0.6) is 0 Å². The Labute approximate surface area is 123 Å². The molecule has 1 fully saturated rings. The summed E-state index contributed by atoms with van der Waals surface area (Å²) in [5.74, 6) is 1.98. The second kappa shape index (κ2) is 5.61. The maximum atomic E-state index is 5.70. The minimum atomic E-state index is 0.488. The Morgan fingerprint density at radius 2 is 1.95 bits per heavy atom. The van der Waals surface area contributed by atoms with Gasteiger partial charge in [-0.15, -0.1) is 21.5 Å². The molecule has 0 saturated heterocycles. The Balaban J connectivity index is 2.03. The predicted molar refractivity (Wildman–Crippen MR) is 80.6 cm³/mol. The number of aromatic nitrogens is 4. The third-order valence-corrected chi connectivity index (χ3v) is 5.20. The molecule has 0 unspecified atom stereocenters. The molecule has 1 aliphatic carbocycles. The molecule has 0 radical (unpaired) electrons. The average Bonchev–Trinajstić information content (AvgIpc) is 3.02. The third kappa shape index (κ3) is 2.38. The van der Waals surface area contributed by atoms with Gasteiger partial charge in [-0.25, -0.2) is 4.98 Å². The maximum absolute atomic E-state index is 5.70. The fourth-order valence-corrected chi connectivity index (χ4v) is 3.97. The first-order valence-corrected chi connectivity index (χ1v) is 8.10. The monoisotopic (exact) mass is 291 g/mol. The van der Waals surface area contributed by atoms with E-state index < -0.39 is 0 Å². The highest BCUT2D eigenvalue weighted by molar-refractivity contribution is 7.15. The summed E-state index contributed by atoms with van der Waals surface area (Å²) < 4.78 is 2.32. The number of rotatable bonds is 3. The van der Waals surface area contributed by atoms with Crippen molar-refractivity contribution in [1.29, 1.82) is 0 Å². The van der Waals surface area contributed by atoms with E-state index in [1.807, 2.05) is 13.8 Å². The fraction of sp³-hybridized carbons (Fsp3) is 0.643. The average molecular weight is 291 g/mol. The SMILES string of the molecule is Cc1nc(CN)sc1-c1nnc(C)n1C1CCCCC1. The van der Waals surface area contributed by atoms with Crippen LogP contribution < -0.4 is 5.73 Å². The summed E-state index contributed by atoms with van der Waals surface area (Å²) in [7, 11) is 0. The molecule has 0 atom stereocenters. The number of aryl methyl sites for hydroxylation is 2. The van der Waals surface area contributed by atoms with Gasteiger partial charge in [0.2, 0.25) is 0 Å². The standard InChI is InChI=1S/C14H21N5S/c1-9-13(20-12(8-15)16-9)14-18-17-10(2)19(14)11-6-4-3-5-7-11/h11H,3-8,15H2,1-2H3. The first-order valence-electron chi connectivity index (χ1n) is 7.29. The largest absolute Gasteiger partial charge is 0.325 e. The second-order valence-electron chi connectivity index (χ2n) is 5.46. The molecule has 2 aromatic heterocycles. The van der Waals surface area contributed by atoms with Gasteiger partial charge in [0, 0.05) is 12.6 Å². The Morgan fingerprint density at radius 3 is 2.60 bits per heavy atom. The fourth-order valence-electron chi connectivity index (χ4n) is 3.05.